The summed E-state index contributed by atoms with van der Waals surface area (Å²) in [6, 6.07) is 8.36. The van der Waals surface area contributed by atoms with Crippen LogP contribution in [-0.4, -0.2) is 52.6 Å². The maximum absolute atomic E-state index is 13.1. The summed E-state index contributed by atoms with van der Waals surface area (Å²) in [6.45, 7) is 1.48. The molecule has 0 spiro atoms. The molecule has 34 heavy (non-hydrogen) atoms. The number of hydrogen-bond donors (Lipinski definition) is 1. The minimum atomic E-state index is -3.98. The average molecular weight is 489 g/mol. The minimum absolute atomic E-state index is 0.0410. The highest BCUT2D eigenvalue weighted by molar-refractivity contribution is 7.93. The van der Waals surface area contributed by atoms with E-state index in [1.54, 1.807) is 30.3 Å². The van der Waals surface area contributed by atoms with Crippen LogP contribution in [-0.2, 0) is 16.4 Å². The highest BCUT2D eigenvalue weighted by Crippen LogP contribution is 2.34. The van der Waals surface area contributed by atoms with Gasteiger partial charge in [0.25, 0.3) is 0 Å². The molecule has 0 radical (unpaired) electrons. The Morgan fingerprint density at radius 2 is 1.91 bits per heavy atom. The Labute approximate surface area is 194 Å². The predicted octanol–water partition coefficient (Wildman–Crippen LogP) is 2.85. The van der Waals surface area contributed by atoms with Crippen LogP contribution < -0.4 is 14.2 Å². The fraction of sp³-hybridized carbons (Fsp3) is 0.238. The summed E-state index contributed by atoms with van der Waals surface area (Å²) in [5.41, 5.74) is 0.451. The van der Waals surface area contributed by atoms with Gasteiger partial charge in [0.15, 0.2) is 11.6 Å². The molecule has 0 aliphatic heterocycles. The van der Waals surface area contributed by atoms with Crippen molar-refractivity contribution in [3.05, 3.63) is 60.6 Å². The van der Waals surface area contributed by atoms with E-state index >= 15 is 0 Å². The van der Waals surface area contributed by atoms with E-state index in [2.05, 4.69) is 24.9 Å². The summed E-state index contributed by atoms with van der Waals surface area (Å²) in [5.74, 6) is 1.05. The fourth-order valence-corrected chi connectivity index (χ4v) is 4.11. The molecule has 4 rings (SSSR count). The van der Waals surface area contributed by atoms with Crippen molar-refractivity contribution < 1.29 is 26.7 Å². The molecule has 11 nitrogen and oxygen atoms in total. The number of nitrogens with zero attached hydrogens (tertiary/aromatic N) is 5. The average Bonchev–Trinajstić information content (AvgIpc) is 3.50. The first kappa shape index (κ1) is 23.2. The summed E-state index contributed by atoms with van der Waals surface area (Å²) in [4.78, 5) is 7.66. The second-order valence-corrected chi connectivity index (χ2v) is 9.28. The first-order valence-corrected chi connectivity index (χ1v) is 11.6. The van der Waals surface area contributed by atoms with E-state index in [0.29, 0.717) is 22.9 Å². The van der Waals surface area contributed by atoms with E-state index in [9.17, 15) is 12.8 Å². The number of methoxy groups -OCH3 is 2. The summed E-state index contributed by atoms with van der Waals surface area (Å²) in [7, 11) is -0.986. The molecule has 1 atom stereocenters. The lowest BCUT2D eigenvalue weighted by atomic mass is 10.2. The normalized spacial score (nSPS) is 12.4. The minimum Gasteiger partial charge on any atom is -0.497 e. The van der Waals surface area contributed by atoms with Crippen molar-refractivity contribution in [2.24, 2.45) is 0 Å². The highest BCUT2D eigenvalue weighted by atomic mass is 32.2. The zero-order chi connectivity index (χ0) is 24.3. The van der Waals surface area contributed by atoms with Crippen LogP contribution >= 0.6 is 0 Å². The van der Waals surface area contributed by atoms with Crippen molar-refractivity contribution >= 4 is 16.0 Å². The molecular weight excluding hydrogens is 467 g/mol. The Balaban J connectivity index is 1.73. The van der Waals surface area contributed by atoms with Crippen molar-refractivity contribution in [3.63, 3.8) is 0 Å². The monoisotopic (exact) mass is 488 g/mol. The summed E-state index contributed by atoms with van der Waals surface area (Å²) >= 11 is 0. The fourth-order valence-electron chi connectivity index (χ4n) is 3.15. The third-order valence-electron chi connectivity index (χ3n) is 4.94. The SMILES string of the molecule is COc1ccc(-n2c(NS(=O)(=O)[C@@H](C)Cc3ncc(F)cn3)nnc2-c2ccco2)c(OC)c1. The van der Waals surface area contributed by atoms with Gasteiger partial charge in [0, 0.05) is 12.5 Å². The number of halogens is 1. The number of aromatic nitrogens is 5. The Kier molecular flexibility index (Phi) is 6.45. The number of ether oxygens (including phenoxy) is 2. The van der Waals surface area contributed by atoms with Gasteiger partial charge >= 0.3 is 0 Å². The molecule has 13 heteroatoms. The van der Waals surface area contributed by atoms with Gasteiger partial charge < -0.3 is 13.9 Å². The lowest BCUT2D eigenvalue weighted by Gasteiger charge is -2.17. The van der Waals surface area contributed by atoms with Gasteiger partial charge in [-0.3, -0.25) is 9.29 Å². The molecule has 0 aliphatic rings. The quantitative estimate of drug-likeness (QED) is 0.377. The van der Waals surface area contributed by atoms with Crippen LogP contribution in [0.15, 0.2) is 53.4 Å². The second kappa shape index (κ2) is 9.47. The van der Waals surface area contributed by atoms with Crippen molar-refractivity contribution in [1.82, 2.24) is 24.7 Å². The molecule has 0 aliphatic carbocycles. The van der Waals surface area contributed by atoms with E-state index in [0.717, 1.165) is 12.4 Å². The largest absolute Gasteiger partial charge is 0.497 e. The topological polar surface area (TPSA) is 134 Å². The van der Waals surface area contributed by atoms with Crippen LogP contribution in [0.1, 0.15) is 12.7 Å². The summed E-state index contributed by atoms with van der Waals surface area (Å²) in [5, 5.41) is 7.21. The third-order valence-corrected chi connectivity index (χ3v) is 6.63. The van der Waals surface area contributed by atoms with Gasteiger partial charge in [-0.25, -0.2) is 22.8 Å². The maximum atomic E-state index is 13.1. The third kappa shape index (κ3) is 4.69. The smallest absolute Gasteiger partial charge is 0.243 e. The van der Waals surface area contributed by atoms with Crippen LogP contribution in [0, 0.1) is 5.82 Å². The first-order valence-electron chi connectivity index (χ1n) is 10.0. The second-order valence-electron chi connectivity index (χ2n) is 7.18. The van der Waals surface area contributed by atoms with Crippen molar-refractivity contribution in [3.8, 4) is 28.8 Å². The van der Waals surface area contributed by atoms with Crippen LogP contribution in [0.5, 0.6) is 11.5 Å². The zero-order valence-corrected chi connectivity index (χ0v) is 19.3. The van der Waals surface area contributed by atoms with Crippen molar-refractivity contribution in [1.29, 1.82) is 0 Å². The predicted molar refractivity (Wildman–Crippen MR) is 120 cm³/mol. The first-order chi connectivity index (χ1) is 16.3. The van der Waals surface area contributed by atoms with E-state index in [1.807, 2.05) is 0 Å². The van der Waals surface area contributed by atoms with Gasteiger partial charge in [0.2, 0.25) is 21.8 Å². The van der Waals surface area contributed by atoms with E-state index in [-0.39, 0.29) is 24.0 Å². The van der Waals surface area contributed by atoms with Gasteiger partial charge in [-0.05, 0) is 31.2 Å². The highest BCUT2D eigenvalue weighted by Gasteiger charge is 2.28. The van der Waals surface area contributed by atoms with Crippen molar-refractivity contribution in [2.45, 2.75) is 18.6 Å². The summed E-state index contributed by atoms with van der Waals surface area (Å²) < 4.78 is 59.5. The summed E-state index contributed by atoms with van der Waals surface area (Å²) in [6.07, 6.45) is 3.39. The standard InChI is InChI=1S/C21H21FN6O5S/c1-13(9-19-23-11-14(22)12-24-19)34(29,30)27-21-26-25-20(17-5-4-8-33-17)28(21)16-7-6-15(31-2)10-18(16)32-3/h4-8,10-13H,9H2,1-3H3,(H,26,27)/t13-/m0/s1. The molecule has 1 aromatic carbocycles. The molecule has 4 aromatic rings. The molecular formula is C21H21FN6O5S. The number of hydrogen-bond acceptors (Lipinski definition) is 9. The Morgan fingerprint density at radius 3 is 2.56 bits per heavy atom. The Hall–Kier alpha value is -4.00. The number of anilines is 1. The Bertz CT molecular complexity index is 1370. The number of nitrogens with one attached hydrogen (secondary N) is 1. The van der Waals surface area contributed by atoms with Crippen molar-refractivity contribution in [2.75, 3.05) is 18.9 Å². The van der Waals surface area contributed by atoms with E-state index in [4.69, 9.17) is 13.9 Å². The number of furan rings is 1. The molecule has 0 bridgehead atoms. The number of benzene rings is 1. The number of rotatable bonds is 9. The van der Waals surface area contributed by atoms with Gasteiger partial charge in [-0.1, -0.05) is 0 Å². The molecule has 178 valence electrons. The molecule has 3 heterocycles. The molecule has 0 unspecified atom stereocenters. The molecule has 3 aromatic heterocycles. The van der Waals surface area contributed by atoms with Crippen LogP contribution in [0.4, 0.5) is 10.3 Å². The zero-order valence-electron chi connectivity index (χ0n) is 18.5. The maximum Gasteiger partial charge on any atom is 0.243 e. The molecule has 0 amide bonds. The molecule has 1 N–H and O–H groups in total. The number of sulfonamides is 1. The van der Waals surface area contributed by atoms with Crippen LogP contribution in [0.2, 0.25) is 0 Å². The Morgan fingerprint density at radius 1 is 1.15 bits per heavy atom. The molecule has 0 saturated heterocycles. The lowest BCUT2D eigenvalue weighted by molar-refractivity contribution is 0.393. The van der Waals surface area contributed by atoms with E-state index < -0.39 is 21.1 Å². The van der Waals surface area contributed by atoms with Gasteiger partial charge in [0.1, 0.15) is 17.3 Å². The van der Waals surface area contributed by atoms with Crippen LogP contribution in [0.3, 0.4) is 0 Å². The molecule has 0 saturated carbocycles. The lowest BCUT2D eigenvalue weighted by Crippen LogP contribution is -2.29. The molecule has 0 fully saturated rings. The van der Waals surface area contributed by atoms with Gasteiger partial charge in [0.05, 0.1) is 43.8 Å². The van der Waals surface area contributed by atoms with Crippen LogP contribution in [0.25, 0.3) is 17.3 Å². The van der Waals surface area contributed by atoms with Gasteiger partial charge in [-0.15, -0.1) is 10.2 Å². The van der Waals surface area contributed by atoms with Gasteiger partial charge in [-0.2, -0.15) is 0 Å². The van der Waals surface area contributed by atoms with E-state index in [1.165, 1.54) is 32.0 Å².